The van der Waals surface area contributed by atoms with Gasteiger partial charge in [0.25, 0.3) is 0 Å². The fraction of sp³-hybridized carbons (Fsp3) is 0.0870. The Labute approximate surface area is 198 Å². The molecule has 162 valence electrons. The van der Waals surface area contributed by atoms with E-state index in [0.29, 0.717) is 21.7 Å². The molecule has 4 rings (SSSR count). The second-order valence-corrected chi connectivity index (χ2v) is 8.74. The maximum atomic E-state index is 13.3. The monoisotopic (exact) mass is 486 g/mol. The Morgan fingerprint density at radius 2 is 1.84 bits per heavy atom. The average Bonchev–Trinajstić information content (AvgIpc) is 3.19. The molecule has 0 aliphatic heterocycles. The van der Waals surface area contributed by atoms with E-state index in [9.17, 15) is 9.18 Å². The Kier molecular flexibility index (Phi) is 6.79. The van der Waals surface area contributed by atoms with E-state index in [4.69, 9.17) is 23.2 Å². The third-order valence-corrected chi connectivity index (χ3v) is 6.00. The van der Waals surface area contributed by atoms with Crippen LogP contribution in [0.4, 0.5) is 10.1 Å². The van der Waals surface area contributed by atoms with Crippen LogP contribution in [-0.2, 0) is 4.79 Å². The molecule has 0 aliphatic rings. The number of thioether (sulfide) groups is 1. The lowest BCUT2D eigenvalue weighted by Gasteiger charge is -2.11. The number of hydrogen-bond donors (Lipinski definition) is 1. The first-order valence-corrected chi connectivity index (χ1v) is 11.3. The fourth-order valence-corrected chi connectivity index (χ4v) is 4.13. The highest BCUT2D eigenvalue weighted by atomic mass is 35.5. The van der Waals surface area contributed by atoms with Crippen molar-refractivity contribution in [3.05, 3.63) is 88.2 Å². The largest absolute Gasteiger partial charge is 0.325 e. The fourth-order valence-electron chi connectivity index (χ4n) is 3.01. The first-order valence-electron chi connectivity index (χ1n) is 9.57. The molecule has 0 radical (unpaired) electrons. The molecule has 0 unspecified atom stereocenters. The molecule has 0 atom stereocenters. The van der Waals surface area contributed by atoms with Gasteiger partial charge in [-0.1, -0.05) is 64.8 Å². The normalized spacial score (nSPS) is 10.9. The van der Waals surface area contributed by atoms with Gasteiger partial charge in [0, 0.05) is 22.0 Å². The van der Waals surface area contributed by atoms with Gasteiger partial charge in [-0.3, -0.25) is 9.36 Å². The number of hydrogen-bond acceptors (Lipinski definition) is 4. The van der Waals surface area contributed by atoms with E-state index in [1.807, 2.05) is 54.0 Å². The summed E-state index contributed by atoms with van der Waals surface area (Å²) in [5.41, 5.74) is 3.21. The molecule has 0 saturated carbocycles. The van der Waals surface area contributed by atoms with Crippen molar-refractivity contribution in [1.82, 2.24) is 14.8 Å². The average molecular weight is 487 g/mol. The molecule has 0 aliphatic carbocycles. The minimum absolute atomic E-state index is 0.0549. The van der Waals surface area contributed by atoms with E-state index >= 15 is 0 Å². The molecule has 5 nitrogen and oxygen atoms in total. The summed E-state index contributed by atoms with van der Waals surface area (Å²) in [6.45, 7) is 2.01. The Balaban J connectivity index is 1.60. The van der Waals surface area contributed by atoms with Gasteiger partial charge in [-0.2, -0.15) is 0 Å². The molecule has 0 bridgehead atoms. The molecule has 0 saturated heterocycles. The summed E-state index contributed by atoms with van der Waals surface area (Å²) in [5, 5.41) is 12.5. The van der Waals surface area contributed by atoms with Crippen LogP contribution in [0.5, 0.6) is 0 Å². The lowest BCUT2D eigenvalue weighted by atomic mass is 10.2. The standard InChI is InChI=1S/C23H17Cl2FN4OS/c1-14-5-8-18(9-6-14)30-22(15-3-2-4-16(24)11-15)28-29-23(30)32-13-21(31)27-17-7-10-20(26)19(25)12-17/h2-12H,13H2,1H3,(H,27,31). The van der Waals surface area contributed by atoms with E-state index in [2.05, 4.69) is 15.5 Å². The summed E-state index contributed by atoms with van der Waals surface area (Å²) in [5.74, 6) is -0.127. The van der Waals surface area contributed by atoms with Crippen LogP contribution in [0.15, 0.2) is 71.9 Å². The second-order valence-electron chi connectivity index (χ2n) is 6.95. The highest BCUT2D eigenvalue weighted by Gasteiger charge is 2.18. The summed E-state index contributed by atoms with van der Waals surface area (Å²) in [6, 6.07) is 19.3. The van der Waals surface area contributed by atoms with Gasteiger partial charge < -0.3 is 5.32 Å². The quantitative estimate of drug-likeness (QED) is 0.319. The molecule has 0 fully saturated rings. The zero-order chi connectivity index (χ0) is 22.7. The van der Waals surface area contributed by atoms with Gasteiger partial charge in [0.05, 0.1) is 10.8 Å². The highest BCUT2D eigenvalue weighted by molar-refractivity contribution is 7.99. The van der Waals surface area contributed by atoms with Crippen molar-refractivity contribution in [2.45, 2.75) is 12.1 Å². The Morgan fingerprint density at radius 1 is 1.06 bits per heavy atom. The highest BCUT2D eigenvalue weighted by Crippen LogP contribution is 2.29. The van der Waals surface area contributed by atoms with Crippen LogP contribution in [-0.4, -0.2) is 26.4 Å². The van der Waals surface area contributed by atoms with Crippen LogP contribution in [0, 0.1) is 12.7 Å². The van der Waals surface area contributed by atoms with Crippen molar-refractivity contribution in [2.75, 3.05) is 11.1 Å². The second kappa shape index (κ2) is 9.73. The van der Waals surface area contributed by atoms with E-state index in [0.717, 1.165) is 16.8 Å². The van der Waals surface area contributed by atoms with Gasteiger partial charge in [0.15, 0.2) is 11.0 Å². The first kappa shape index (κ1) is 22.3. The van der Waals surface area contributed by atoms with E-state index in [-0.39, 0.29) is 16.7 Å². The zero-order valence-electron chi connectivity index (χ0n) is 16.8. The van der Waals surface area contributed by atoms with Crippen LogP contribution in [0.3, 0.4) is 0 Å². The van der Waals surface area contributed by atoms with Gasteiger partial charge in [-0.05, 0) is 49.4 Å². The molecular weight excluding hydrogens is 470 g/mol. The molecule has 32 heavy (non-hydrogen) atoms. The minimum Gasteiger partial charge on any atom is -0.325 e. The van der Waals surface area contributed by atoms with Crippen molar-refractivity contribution < 1.29 is 9.18 Å². The van der Waals surface area contributed by atoms with Crippen LogP contribution in [0.2, 0.25) is 10.0 Å². The number of halogens is 3. The molecule has 1 heterocycles. The van der Waals surface area contributed by atoms with Gasteiger partial charge in [0.1, 0.15) is 5.82 Å². The summed E-state index contributed by atoms with van der Waals surface area (Å²) in [4.78, 5) is 12.5. The van der Waals surface area contributed by atoms with E-state index in [1.54, 1.807) is 6.07 Å². The van der Waals surface area contributed by atoms with Crippen molar-refractivity contribution in [2.24, 2.45) is 0 Å². The Hall–Kier alpha value is -2.87. The molecule has 0 spiro atoms. The predicted octanol–water partition coefficient (Wildman–Crippen LogP) is 6.42. The van der Waals surface area contributed by atoms with E-state index < -0.39 is 5.82 Å². The van der Waals surface area contributed by atoms with E-state index in [1.165, 1.54) is 30.0 Å². The van der Waals surface area contributed by atoms with Crippen molar-refractivity contribution in [3.63, 3.8) is 0 Å². The molecule has 1 aromatic heterocycles. The number of amides is 1. The topological polar surface area (TPSA) is 59.8 Å². The third-order valence-electron chi connectivity index (χ3n) is 4.54. The maximum Gasteiger partial charge on any atom is 0.234 e. The smallest absolute Gasteiger partial charge is 0.234 e. The summed E-state index contributed by atoms with van der Waals surface area (Å²) in [7, 11) is 0. The van der Waals surface area contributed by atoms with Crippen LogP contribution in [0.25, 0.3) is 17.1 Å². The lowest BCUT2D eigenvalue weighted by Crippen LogP contribution is -2.14. The minimum atomic E-state index is -0.543. The summed E-state index contributed by atoms with van der Waals surface area (Å²) >= 11 is 13.2. The molecule has 1 N–H and O–H groups in total. The van der Waals surface area contributed by atoms with Gasteiger partial charge in [-0.15, -0.1) is 10.2 Å². The van der Waals surface area contributed by atoms with Gasteiger partial charge in [-0.25, -0.2) is 4.39 Å². The number of aromatic nitrogens is 3. The SMILES string of the molecule is Cc1ccc(-n2c(SCC(=O)Nc3ccc(F)c(Cl)c3)nnc2-c2cccc(Cl)c2)cc1. The molecule has 3 aromatic carbocycles. The zero-order valence-corrected chi connectivity index (χ0v) is 19.2. The third kappa shape index (κ3) is 5.12. The number of carbonyl (C=O) groups is 1. The molecular formula is C23H17Cl2FN4OS. The van der Waals surface area contributed by atoms with Crippen molar-refractivity contribution in [1.29, 1.82) is 0 Å². The molecule has 4 aromatic rings. The Morgan fingerprint density at radius 3 is 2.56 bits per heavy atom. The number of nitrogens with zero attached hydrogens (tertiary/aromatic N) is 3. The van der Waals surface area contributed by atoms with Gasteiger partial charge >= 0.3 is 0 Å². The van der Waals surface area contributed by atoms with Crippen molar-refractivity contribution >= 4 is 46.6 Å². The molecule has 9 heteroatoms. The van der Waals surface area contributed by atoms with Crippen LogP contribution in [0.1, 0.15) is 5.56 Å². The van der Waals surface area contributed by atoms with Crippen LogP contribution >= 0.6 is 35.0 Å². The predicted molar refractivity (Wildman–Crippen MR) is 127 cm³/mol. The van der Waals surface area contributed by atoms with Crippen LogP contribution < -0.4 is 5.32 Å². The number of rotatable bonds is 6. The number of aryl methyl sites for hydroxylation is 1. The lowest BCUT2D eigenvalue weighted by molar-refractivity contribution is -0.113. The summed E-state index contributed by atoms with van der Waals surface area (Å²) in [6.07, 6.45) is 0. The maximum absolute atomic E-state index is 13.3. The number of anilines is 1. The van der Waals surface area contributed by atoms with Crippen molar-refractivity contribution in [3.8, 4) is 17.1 Å². The summed E-state index contributed by atoms with van der Waals surface area (Å²) < 4.78 is 15.2. The Bertz CT molecular complexity index is 1280. The number of nitrogens with one attached hydrogen (secondary N) is 1. The number of carbonyl (C=O) groups excluding carboxylic acids is 1. The number of benzene rings is 3. The molecule has 1 amide bonds. The van der Waals surface area contributed by atoms with Gasteiger partial charge in [0.2, 0.25) is 5.91 Å². The first-order chi connectivity index (χ1) is 15.4.